The van der Waals surface area contributed by atoms with Gasteiger partial charge in [0.05, 0.1) is 12.7 Å². The van der Waals surface area contributed by atoms with Gasteiger partial charge in [-0.2, -0.15) is 0 Å². The number of hydrogen-bond acceptors (Lipinski definition) is 3. The smallest absolute Gasteiger partial charge is 0.337 e. The fraction of sp³-hybridized carbons (Fsp3) is 0.529. The molecule has 0 aliphatic heterocycles. The number of anilines is 1. The lowest BCUT2D eigenvalue weighted by atomic mass is 9.86. The van der Waals surface area contributed by atoms with Crippen LogP contribution in [-0.4, -0.2) is 24.2 Å². The van der Waals surface area contributed by atoms with E-state index >= 15 is 0 Å². The van der Waals surface area contributed by atoms with Crippen molar-refractivity contribution in [3.63, 3.8) is 0 Å². The minimum atomic E-state index is -0.345. The van der Waals surface area contributed by atoms with Gasteiger partial charge in [-0.05, 0) is 55.6 Å². The highest BCUT2D eigenvalue weighted by molar-refractivity contribution is 7.80. The Morgan fingerprint density at radius 3 is 2.73 bits per heavy atom. The van der Waals surface area contributed by atoms with Crippen LogP contribution in [0.2, 0.25) is 0 Å². The molecule has 0 radical (unpaired) electrons. The number of nitrogens with one attached hydrogen (secondary N) is 2. The second-order valence-corrected chi connectivity index (χ2v) is 6.40. The average molecular weight is 320 g/mol. The molecule has 0 saturated heterocycles. The number of hydrogen-bond donors (Lipinski definition) is 2. The minimum Gasteiger partial charge on any atom is -0.465 e. The van der Waals surface area contributed by atoms with Gasteiger partial charge in [-0.1, -0.05) is 25.8 Å². The third-order valence-corrected chi connectivity index (χ3v) is 4.55. The second-order valence-electron chi connectivity index (χ2n) is 5.99. The van der Waals surface area contributed by atoms with E-state index in [1.54, 1.807) is 12.1 Å². The highest BCUT2D eigenvalue weighted by Gasteiger charge is 2.21. The first-order chi connectivity index (χ1) is 10.5. The van der Waals surface area contributed by atoms with E-state index < -0.39 is 0 Å². The van der Waals surface area contributed by atoms with Crippen molar-refractivity contribution in [2.45, 2.75) is 45.6 Å². The molecule has 120 valence electrons. The minimum absolute atomic E-state index is 0.345. The van der Waals surface area contributed by atoms with Gasteiger partial charge in [-0.25, -0.2) is 4.79 Å². The van der Waals surface area contributed by atoms with Crippen LogP contribution in [0.25, 0.3) is 0 Å². The normalized spacial score (nSPS) is 21.0. The zero-order valence-electron chi connectivity index (χ0n) is 13.4. The van der Waals surface area contributed by atoms with E-state index in [2.05, 4.69) is 17.6 Å². The number of esters is 1. The van der Waals surface area contributed by atoms with E-state index in [0.29, 0.717) is 22.6 Å². The molecule has 2 atom stereocenters. The number of benzene rings is 1. The summed E-state index contributed by atoms with van der Waals surface area (Å²) in [6.07, 6.45) is 4.96. The van der Waals surface area contributed by atoms with E-state index in [1.165, 1.54) is 26.4 Å². The van der Waals surface area contributed by atoms with Gasteiger partial charge in [0.2, 0.25) is 0 Å². The van der Waals surface area contributed by atoms with E-state index in [1.807, 2.05) is 13.0 Å². The Morgan fingerprint density at radius 1 is 1.32 bits per heavy atom. The van der Waals surface area contributed by atoms with Crippen LogP contribution in [0, 0.1) is 12.8 Å². The van der Waals surface area contributed by atoms with Crippen LogP contribution in [0.15, 0.2) is 18.2 Å². The van der Waals surface area contributed by atoms with Crippen LogP contribution in [0.4, 0.5) is 5.69 Å². The van der Waals surface area contributed by atoms with E-state index in [0.717, 1.165) is 17.7 Å². The Labute approximate surface area is 137 Å². The predicted molar refractivity (Wildman–Crippen MR) is 93.3 cm³/mol. The van der Waals surface area contributed by atoms with Crippen LogP contribution in [0.1, 0.15) is 48.5 Å². The van der Waals surface area contributed by atoms with Crippen LogP contribution in [-0.2, 0) is 4.74 Å². The van der Waals surface area contributed by atoms with Gasteiger partial charge >= 0.3 is 5.97 Å². The molecule has 1 aliphatic rings. The molecule has 0 unspecified atom stereocenters. The Hall–Kier alpha value is -1.62. The molecule has 22 heavy (non-hydrogen) atoms. The van der Waals surface area contributed by atoms with Crippen molar-refractivity contribution in [3.05, 3.63) is 29.3 Å². The Morgan fingerprint density at radius 2 is 2.05 bits per heavy atom. The molecule has 1 saturated carbocycles. The average Bonchev–Trinajstić information content (AvgIpc) is 2.51. The van der Waals surface area contributed by atoms with Crippen molar-refractivity contribution >= 4 is 29.0 Å². The highest BCUT2D eigenvalue weighted by Crippen LogP contribution is 2.24. The van der Waals surface area contributed by atoms with Crippen molar-refractivity contribution in [2.24, 2.45) is 5.92 Å². The molecule has 2 rings (SSSR count). The Bertz CT molecular complexity index is 560. The van der Waals surface area contributed by atoms with Gasteiger partial charge in [0, 0.05) is 11.7 Å². The molecule has 4 nitrogen and oxygen atoms in total. The fourth-order valence-corrected chi connectivity index (χ4v) is 3.12. The second kappa shape index (κ2) is 7.58. The van der Waals surface area contributed by atoms with E-state index in [4.69, 9.17) is 17.0 Å². The van der Waals surface area contributed by atoms with Crippen molar-refractivity contribution in [1.82, 2.24) is 5.32 Å². The standard InChI is InChI=1S/C17H24N2O2S/c1-11-6-4-5-7-14(11)18-17(22)19-15-10-13(16(20)21-3)9-8-12(15)2/h8-11,14H,4-7H2,1-3H3,(H2,18,19,22)/t11-,14+/m1/s1. The first kappa shape index (κ1) is 16.7. The summed E-state index contributed by atoms with van der Waals surface area (Å²) in [6, 6.07) is 5.85. The molecule has 1 aromatic carbocycles. The van der Waals surface area contributed by atoms with Crippen LogP contribution >= 0.6 is 12.2 Å². The highest BCUT2D eigenvalue weighted by atomic mass is 32.1. The molecule has 0 heterocycles. The Kier molecular flexibility index (Phi) is 5.77. The third kappa shape index (κ3) is 4.19. The Balaban J connectivity index is 2.03. The molecular weight excluding hydrogens is 296 g/mol. The number of carbonyl (C=O) groups is 1. The number of ether oxygens (including phenoxy) is 1. The van der Waals surface area contributed by atoms with Gasteiger partial charge in [0.1, 0.15) is 0 Å². The summed E-state index contributed by atoms with van der Waals surface area (Å²) in [5.41, 5.74) is 2.39. The summed E-state index contributed by atoms with van der Waals surface area (Å²) < 4.78 is 4.76. The van der Waals surface area contributed by atoms with Crippen molar-refractivity contribution in [1.29, 1.82) is 0 Å². The maximum absolute atomic E-state index is 11.6. The lowest BCUT2D eigenvalue weighted by Gasteiger charge is -2.30. The van der Waals surface area contributed by atoms with Crippen molar-refractivity contribution < 1.29 is 9.53 Å². The number of aryl methyl sites for hydroxylation is 1. The summed E-state index contributed by atoms with van der Waals surface area (Å²) in [5.74, 6) is 0.291. The SMILES string of the molecule is COC(=O)c1ccc(C)c(NC(=S)N[C@H]2CCCC[C@H]2C)c1. The van der Waals surface area contributed by atoms with Crippen LogP contribution in [0.3, 0.4) is 0 Å². The van der Waals surface area contributed by atoms with Crippen LogP contribution in [0.5, 0.6) is 0 Å². The molecule has 1 aliphatic carbocycles. The lowest BCUT2D eigenvalue weighted by Crippen LogP contribution is -2.43. The third-order valence-electron chi connectivity index (χ3n) is 4.33. The van der Waals surface area contributed by atoms with Crippen LogP contribution < -0.4 is 10.6 Å². The first-order valence-electron chi connectivity index (χ1n) is 7.77. The number of thiocarbonyl (C=S) groups is 1. The molecule has 0 bridgehead atoms. The number of carbonyl (C=O) groups excluding carboxylic acids is 1. The zero-order valence-corrected chi connectivity index (χ0v) is 14.3. The lowest BCUT2D eigenvalue weighted by molar-refractivity contribution is 0.0601. The van der Waals surface area contributed by atoms with Crippen molar-refractivity contribution in [2.75, 3.05) is 12.4 Å². The summed E-state index contributed by atoms with van der Waals surface area (Å²) in [6.45, 7) is 4.25. The quantitative estimate of drug-likeness (QED) is 0.658. The number of methoxy groups -OCH3 is 1. The fourth-order valence-electron chi connectivity index (χ4n) is 2.86. The van der Waals surface area contributed by atoms with Gasteiger partial charge < -0.3 is 15.4 Å². The summed E-state index contributed by atoms with van der Waals surface area (Å²) >= 11 is 5.43. The molecule has 5 heteroatoms. The van der Waals surface area contributed by atoms with Gasteiger partial charge in [-0.3, -0.25) is 0 Å². The molecule has 1 fully saturated rings. The molecule has 1 aromatic rings. The zero-order chi connectivity index (χ0) is 16.1. The summed E-state index contributed by atoms with van der Waals surface area (Å²) in [5, 5.41) is 7.24. The molecule has 2 N–H and O–H groups in total. The van der Waals surface area contributed by atoms with E-state index in [9.17, 15) is 4.79 Å². The van der Waals surface area contributed by atoms with Gasteiger partial charge in [0.25, 0.3) is 0 Å². The van der Waals surface area contributed by atoms with Crippen molar-refractivity contribution in [3.8, 4) is 0 Å². The predicted octanol–water partition coefficient (Wildman–Crippen LogP) is 3.65. The van der Waals surface area contributed by atoms with Gasteiger partial charge in [-0.15, -0.1) is 0 Å². The number of rotatable bonds is 3. The van der Waals surface area contributed by atoms with Gasteiger partial charge in [0.15, 0.2) is 5.11 Å². The maximum Gasteiger partial charge on any atom is 0.337 e. The molecular formula is C17H24N2O2S. The largest absolute Gasteiger partial charge is 0.465 e. The summed E-state index contributed by atoms with van der Waals surface area (Å²) in [4.78, 5) is 11.6. The molecule has 0 amide bonds. The maximum atomic E-state index is 11.6. The topological polar surface area (TPSA) is 50.4 Å². The molecule has 0 aromatic heterocycles. The first-order valence-corrected chi connectivity index (χ1v) is 8.18. The van der Waals surface area contributed by atoms with E-state index in [-0.39, 0.29) is 5.97 Å². The summed E-state index contributed by atoms with van der Waals surface area (Å²) in [7, 11) is 1.38. The monoisotopic (exact) mass is 320 g/mol. The molecule has 0 spiro atoms.